The van der Waals surface area contributed by atoms with Crippen LogP contribution in [0.5, 0.6) is 5.75 Å². The van der Waals surface area contributed by atoms with Gasteiger partial charge >= 0.3 is 0 Å². The molecule has 1 heterocycles. The molecule has 0 saturated carbocycles. The molecular weight excluding hydrogens is 218 g/mol. The van der Waals surface area contributed by atoms with Gasteiger partial charge in [-0.25, -0.2) is 0 Å². The molecule has 0 aromatic carbocycles. The first-order valence-corrected chi connectivity index (χ1v) is 5.40. The van der Waals surface area contributed by atoms with Gasteiger partial charge in [0.15, 0.2) is 11.5 Å². The maximum atomic E-state index is 12.0. The fraction of sp³-hybridized carbons (Fsp3) is 0.500. The zero-order valence-corrected chi connectivity index (χ0v) is 10.4. The first-order valence-electron chi connectivity index (χ1n) is 5.40. The van der Waals surface area contributed by atoms with E-state index in [9.17, 15) is 4.79 Å². The largest absolute Gasteiger partial charge is 0.493 e. The van der Waals surface area contributed by atoms with Crippen LogP contribution < -0.4 is 10.1 Å². The summed E-state index contributed by atoms with van der Waals surface area (Å²) in [5.41, 5.74) is 0.479. The maximum absolute atomic E-state index is 12.0. The van der Waals surface area contributed by atoms with Gasteiger partial charge < -0.3 is 4.74 Å². The van der Waals surface area contributed by atoms with Crippen LogP contribution in [0.1, 0.15) is 30.4 Å². The SMILES string of the molecule is C#CCNCC(=O)c1c(OC)cnn1C(C)C. The summed E-state index contributed by atoms with van der Waals surface area (Å²) in [6.07, 6.45) is 6.65. The van der Waals surface area contributed by atoms with Crippen molar-refractivity contribution >= 4 is 5.78 Å². The zero-order chi connectivity index (χ0) is 12.8. The topological polar surface area (TPSA) is 56.1 Å². The molecule has 1 N–H and O–H groups in total. The molecule has 0 bridgehead atoms. The normalized spacial score (nSPS) is 10.3. The van der Waals surface area contributed by atoms with Crippen LogP contribution in [0, 0.1) is 12.3 Å². The van der Waals surface area contributed by atoms with E-state index in [1.165, 1.54) is 7.11 Å². The molecule has 1 rings (SSSR count). The second-order valence-corrected chi connectivity index (χ2v) is 3.83. The highest BCUT2D eigenvalue weighted by Crippen LogP contribution is 2.21. The summed E-state index contributed by atoms with van der Waals surface area (Å²) in [4.78, 5) is 12.0. The van der Waals surface area contributed by atoms with Gasteiger partial charge in [0.25, 0.3) is 0 Å². The van der Waals surface area contributed by atoms with Gasteiger partial charge in [-0.1, -0.05) is 5.92 Å². The fourth-order valence-electron chi connectivity index (χ4n) is 1.48. The highest BCUT2D eigenvalue weighted by atomic mass is 16.5. The third-order valence-electron chi connectivity index (χ3n) is 2.25. The highest BCUT2D eigenvalue weighted by molar-refractivity contribution is 5.98. The summed E-state index contributed by atoms with van der Waals surface area (Å²) in [6.45, 7) is 4.46. The van der Waals surface area contributed by atoms with E-state index in [0.29, 0.717) is 18.0 Å². The van der Waals surface area contributed by atoms with Crippen LogP contribution in [0.25, 0.3) is 0 Å². The number of terminal acetylenes is 1. The van der Waals surface area contributed by atoms with Gasteiger partial charge in [0.1, 0.15) is 5.69 Å². The molecule has 0 spiro atoms. The molecule has 0 saturated heterocycles. The number of nitrogens with zero attached hydrogens (tertiary/aromatic N) is 2. The standard InChI is InChI=1S/C12H17N3O2/c1-5-6-13-7-10(16)12-11(17-4)8-14-15(12)9(2)3/h1,8-9,13H,6-7H2,2-4H3. The molecule has 5 nitrogen and oxygen atoms in total. The van der Waals surface area contributed by atoms with Crippen LogP contribution in [0.3, 0.4) is 0 Å². The summed E-state index contributed by atoms with van der Waals surface area (Å²) in [7, 11) is 1.52. The Bertz CT molecular complexity index is 429. The van der Waals surface area contributed by atoms with Crippen molar-refractivity contribution in [3.8, 4) is 18.1 Å². The maximum Gasteiger partial charge on any atom is 0.198 e. The van der Waals surface area contributed by atoms with Gasteiger partial charge in [-0.2, -0.15) is 5.10 Å². The van der Waals surface area contributed by atoms with Crippen molar-refractivity contribution in [2.24, 2.45) is 0 Å². The van der Waals surface area contributed by atoms with Crippen molar-refractivity contribution in [3.63, 3.8) is 0 Å². The van der Waals surface area contributed by atoms with E-state index in [0.717, 1.165) is 0 Å². The summed E-state index contributed by atoms with van der Waals surface area (Å²) in [5, 5.41) is 7.00. The lowest BCUT2D eigenvalue weighted by atomic mass is 10.2. The average Bonchev–Trinajstić information content (AvgIpc) is 2.72. The highest BCUT2D eigenvalue weighted by Gasteiger charge is 2.20. The second-order valence-electron chi connectivity index (χ2n) is 3.83. The molecule has 0 aliphatic heterocycles. The predicted molar refractivity (Wildman–Crippen MR) is 65.2 cm³/mol. The van der Waals surface area contributed by atoms with Crippen molar-refractivity contribution < 1.29 is 9.53 Å². The van der Waals surface area contributed by atoms with E-state index in [4.69, 9.17) is 11.2 Å². The number of ketones is 1. The Balaban J connectivity index is 2.90. The van der Waals surface area contributed by atoms with E-state index in [-0.39, 0.29) is 18.4 Å². The Morgan fingerprint density at radius 3 is 2.94 bits per heavy atom. The van der Waals surface area contributed by atoms with Crippen LogP contribution in [0.4, 0.5) is 0 Å². The number of hydrogen-bond acceptors (Lipinski definition) is 4. The Kier molecular flexibility index (Phi) is 4.73. The van der Waals surface area contributed by atoms with E-state index in [2.05, 4.69) is 16.3 Å². The zero-order valence-electron chi connectivity index (χ0n) is 10.4. The van der Waals surface area contributed by atoms with Gasteiger partial charge in [-0.15, -0.1) is 6.42 Å². The third-order valence-corrected chi connectivity index (χ3v) is 2.25. The molecular formula is C12H17N3O2. The number of ether oxygens (including phenoxy) is 1. The van der Waals surface area contributed by atoms with Crippen molar-refractivity contribution in [2.45, 2.75) is 19.9 Å². The quantitative estimate of drug-likeness (QED) is 0.452. The predicted octanol–water partition coefficient (Wildman–Crippen LogP) is 0.878. The van der Waals surface area contributed by atoms with Gasteiger partial charge in [-0.05, 0) is 13.8 Å². The van der Waals surface area contributed by atoms with Gasteiger partial charge in [-0.3, -0.25) is 14.8 Å². The Morgan fingerprint density at radius 1 is 1.71 bits per heavy atom. The van der Waals surface area contributed by atoms with Crippen molar-refractivity contribution in [2.75, 3.05) is 20.2 Å². The molecule has 0 fully saturated rings. The number of carbonyl (C=O) groups is 1. The van der Waals surface area contributed by atoms with Gasteiger partial charge in [0.2, 0.25) is 0 Å². The Morgan fingerprint density at radius 2 is 2.41 bits per heavy atom. The minimum Gasteiger partial charge on any atom is -0.493 e. The minimum absolute atomic E-state index is 0.0803. The number of aromatic nitrogens is 2. The number of methoxy groups -OCH3 is 1. The molecule has 0 aliphatic rings. The van der Waals surface area contributed by atoms with E-state index < -0.39 is 0 Å². The molecule has 0 aliphatic carbocycles. The van der Waals surface area contributed by atoms with Gasteiger partial charge in [0, 0.05) is 6.04 Å². The smallest absolute Gasteiger partial charge is 0.198 e. The number of hydrogen-bond donors (Lipinski definition) is 1. The lowest BCUT2D eigenvalue weighted by molar-refractivity contribution is 0.0977. The Labute approximate surface area is 101 Å². The molecule has 0 unspecified atom stereocenters. The first-order chi connectivity index (χ1) is 8.11. The van der Waals surface area contributed by atoms with Crippen molar-refractivity contribution in [3.05, 3.63) is 11.9 Å². The molecule has 92 valence electrons. The summed E-state index contributed by atoms with van der Waals surface area (Å²) in [5.74, 6) is 2.83. The van der Waals surface area contributed by atoms with Crippen LogP contribution in [-0.2, 0) is 0 Å². The van der Waals surface area contributed by atoms with Crippen LogP contribution in [0.2, 0.25) is 0 Å². The van der Waals surface area contributed by atoms with Crippen LogP contribution in [-0.4, -0.2) is 35.8 Å². The monoisotopic (exact) mass is 235 g/mol. The number of rotatable bonds is 6. The van der Waals surface area contributed by atoms with E-state index in [1.807, 2.05) is 13.8 Å². The summed E-state index contributed by atoms with van der Waals surface area (Å²) in [6, 6.07) is 0.102. The van der Waals surface area contributed by atoms with Crippen LogP contribution in [0.15, 0.2) is 6.20 Å². The Hall–Kier alpha value is -1.80. The molecule has 5 heteroatoms. The van der Waals surface area contributed by atoms with E-state index >= 15 is 0 Å². The molecule has 1 aromatic rings. The van der Waals surface area contributed by atoms with Crippen molar-refractivity contribution in [1.82, 2.24) is 15.1 Å². The van der Waals surface area contributed by atoms with Gasteiger partial charge in [0.05, 0.1) is 26.4 Å². The number of carbonyl (C=O) groups excluding carboxylic acids is 1. The average molecular weight is 235 g/mol. The molecule has 0 amide bonds. The second kappa shape index (κ2) is 6.06. The summed E-state index contributed by atoms with van der Waals surface area (Å²) < 4.78 is 6.78. The lowest BCUT2D eigenvalue weighted by Crippen LogP contribution is -2.26. The molecule has 1 aromatic heterocycles. The van der Waals surface area contributed by atoms with Crippen LogP contribution >= 0.6 is 0 Å². The number of nitrogens with one attached hydrogen (secondary N) is 1. The molecule has 0 atom stereocenters. The number of Topliss-reactive ketones (excluding diaryl/α,β-unsaturated/α-hetero) is 1. The summed E-state index contributed by atoms with van der Waals surface area (Å²) >= 11 is 0. The lowest BCUT2D eigenvalue weighted by Gasteiger charge is -2.11. The minimum atomic E-state index is -0.0803. The first kappa shape index (κ1) is 13.3. The third kappa shape index (κ3) is 3.08. The van der Waals surface area contributed by atoms with Crippen molar-refractivity contribution in [1.29, 1.82) is 0 Å². The molecule has 17 heavy (non-hydrogen) atoms. The fourth-order valence-corrected chi connectivity index (χ4v) is 1.48. The van der Waals surface area contributed by atoms with E-state index in [1.54, 1.807) is 10.9 Å². The molecule has 0 radical (unpaired) electrons.